The van der Waals surface area contributed by atoms with Gasteiger partial charge in [-0.1, -0.05) is 54.6 Å². The number of carbonyl (C=O) groups is 2. The van der Waals surface area contributed by atoms with Crippen LogP contribution in [-0.2, 0) is 16.0 Å². The third-order valence-corrected chi connectivity index (χ3v) is 4.63. The number of esters is 1. The number of rotatable bonds is 7. The van der Waals surface area contributed by atoms with Gasteiger partial charge in [-0.25, -0.2) is 4.79 Å². The highest BCUT2D eigenvalue weighted by Gasteiger charge is 2.19. The van der Waals surface area contributed by atoms with Gasteiger partial charge in [0.15, 0.2) is 11.5 Å². The number of ether oxygens (including phenoxy) is 3. The zero-order chi connectivity index (χ0) is 21.5. The van der Waals surface area contributed by atoms with Crippen molar-refractivity contribution in [2.75, 3.05) is 26.6 Å². The lowest BCUT2D eigenvalue weighted by Crippen LogP contribution is -2.17. The first-order valence-electron chi connectivity index (χ1n) is 9.34. The van der Waals surface area contributed by atoms with Crippen molar-refractivity contribution in [1.82, 2.24) is 0 Å². The Hall–Kier alpha value is -3.80. The molecule has 1 N–H and O–H groups in total. The molecule has 0 aliphatic heterocycles. The van der Waals surface area contributed by atoms with Gasteiger partial charge in [0.1, 0.15) is 0 Å². The number of benzene rings is 3. The van der Waals surface area contributed by atoms with Crippen LogP contribution in [0.5, 0.6) is 11.5 Å². The Labute approximate surface area is 175 Å². The van der Waals surface area contributed by atoms with E-state index in [9.17, 15) is 9.59 Å². The molecule has 0 saturated carbocycles. The number of methoxy groups -OCH3 is 3. The van der Waals surface area contributed by atoms with Crippen molar-refractivity contribution in [3.63, 3.8) is 0 Å². The van der Waals surface area contributed by atoms with Crippen molar-refractivity contribution in [3.8, 4) is 22.6 Å². The quantitative estimate of drug-likeness (QED) is 0.592. The van der Waals surface area contributed by atoms with E-state index < -0.39 is 5.97 Å². The van der Waals surface area contributed by atoms with Gasteiger partial charge in [-0.3, -0.25) is 4.79 Å². The largest absolute Gasteiger partial charge is 0.493 e. The molecule has 0 atom stereocenters. The summed E-state index contributed by atoms with van der Waals surface area (Å²) in [6, 6.07) is 20.8. The number of hydrogen-bond acceptors (Lipinski definition) is 5. The average molecular weight is 405 g/mol. The summed E-state index contributed by atoms with van der Waals surface area (Å²) in [4.78, 5) is 24.8. The average Bonchev–Trinajstić information content (AvgIpc) is 2.79. The van der Waals surface area contributed by atoms with Gasteiger partial charge in [0, 0.05) is 12.1 Å². The Kier molecular flexibility index (Phi) is 6.70. The molecule has 30 heavy (non-hydrogen) atoms. The fraction of sp³-hybridized carbons (Fsp3) is 0.167. The zero-order valence-electron chi connectivity index (χ0n) is 17.1. The highest BCUT2D eigenvalue weighted by Crippen LogP contribution is 2.34. The summed E-state index contributed by atoms with van der Waals surface area (Å²) < 4.78 is 15.3. The van der Waals surface area contributed by atoms with Gasteiger partial charge in [-0.15, -0.1) is 0 Å². The molecule has 1 amide bonds. The van der Waals surface area contributed by atoms with Gasteiger partial charge >= 0.3 is 5.97 Å². The number of anilines is 1. The Morgan fingerprint density at radius 3 is 2.00 bits per heavy atom. The summed E-state index contributed by atoms with van der Waals surface area (Å²) in [6.45, 7) is 0. The van der Waals surface area contributed by atoms with Crippen LogP contribution in [0.15, 0.2) is 66.7 Å². The second-order valence-corrected chi connectivity index (χ2v) is 6.53. The highest BCUT2D eigenvalue weighted by molar-refractivity contribution is 6.02. The lowest BCUT2D eigenvalue weighted by Gasteiger charge is -2.14. The minimum Gasteiger partial charge on any atom is -0.493 e. The molecular weight excluding hydrogens is 382 g/mol. The predicted octanol–water partition coefficient (Wildman–Crippen LogP) is 4.34. The first-order chi connectivity index (χ1) is 14.5. The number of hydrogen-bond donors (Lipinski definition) is 1. The van der Waals surface area contributed by atoms with E-state index in [0.29, 0.717) is 17.2 Å². The lowest BCUT2D eigenvalue weighted by molar-refractivity contribution is -0.115. The third kappa shape index (κ3) is 4.78. The molecule has 0 radical (unpaired) electrons. The molecule has 0 saturated heterocycles. The highest BCUT2D eigenvalue weighted by atomic mass is 16.5. The Bertz CT molecular complexity index is 1030. The molecule has 0 spiro atoms. The fourth-order valence-corrected chi connectivity index (χ4v) is 3.09. The normalized spacial score (nSPS) is 10.2. The van der Waals surface area contributed by atoms with Crippen LogP contribution in [0.2, 0.25) is 0 Å². The van der Waals surface area contributed by atoms with E-state index in [0.717, 1.165) is 16.7 Å². The first kappa shape index (κ1) is 20.9. The van der Waals surface area contributed by atoms with Crippen LogP contribution in [0.1, 0.15) is 15.9 Å². The smallest absolute Gasteiger partial charge is 0.340 e. The van der Waals surface area contributed by atoms with Crippen LogP contribution in [-0.4, -0.2) is 33.2 Å². The Morgan fingerprint density at radius 1 is 0.800 bits per heavy atom. The van der Waals surface area contributed by atoms with Crippen LogP contribution in [0.25, 0.3) is 11.1 Å². The maximum atomic E-state index is 12.6. The van der Waals surface area contributed by atoms with Crippen molar-refractivity contribution in [3.05, 3.63) is 77.9 Å². The predicted molar refractivity (Wildman–Crippen MR) is 115 cm³/mol. The van der Waals surface area contributed by atoms with E-state index in [-0.39, 0.29) is 17.9 Å². The minimum absolute atomic E-state index is 0.157. The summed E-state index contributed by atoms with van der Waals surface area (Å²) in [5, 5.41) is 2.77. The molecule has 0 unspecified atom stereocenters. The molecule has 0 aliphatic rings. The number of nitrogens with one attached hydrogen (secondary N) is 1. The molecule has 0 aliphatic carbocycles. The van der Waals surface area contributed by atoms with Gasteiger partial charge in [0.05, 0.1) is 39.0 Å². The van der Waals surface area contributed by atoms with E-state index in [1.54, 1.807) is 6.07 Å². The molecule has 6 nitrogen and oxygen atoms in total. The van der Waals surface area contributed by atoms with Gasteiger partial charge in [0.25, 0.3) is 0 Å². The standard InChI is InChI=1S/C24H23NO5/c1-28-21-14-19(24(27)30-3)20(15-22(21)29-2)25-23(26)13-16-9-11-18(12-10-16)17-7-5-4-6-8-17/h4-12,14-15H,13H2,1-3H3,(H,25,26). The van der Waals surface area contributed by atoms with Crippen LogP contribution in [0.4, 0.5) is 5.69 Å². The van der Waals surface area contributed by atoms with Crippen LogP contribution in [0, 0.1) is 0 Å². The second kappa shape index (κ2) is 9.60. The maximum Gasteiger partial charge on any atom is 0.340 e. The first-order valence-corrected chi connectivity index (χ1v) is 9.34. The zero-order valence-corrected chi connectivity index (χ0v) is 17.1. The lowest BCUT2D eigenvalue weighted by atomic mass is 10.0. The van der Waals surface area contributed by atoms with Gasteiger partial charge < -0.3 is 19.5 Å². The second-order valence-electron chi connectivity index (χ2n) is 6.53. The molecule has 0 bridgehead atoms. The van der Waals surface area contributed by atoms with Gasteiger partial charge in [-0.2, -0.15) is 0 Å². The molecule has 154 valence electrons. The van der Waals surface area contributed by atoms with Gasteiger partial charge in [0.2, 0.25) is 5.91 Å². The van der Waals surface area contributed by atoms with Crippen molar-refractivity contribution in [2.24, 2.45) is 0 Å². The van der Waals surface area contributed by atoms with Crippen molar-refractivity contribution >= 4 is 17.6 Å². The number of carbonyl (C=O) groups excluding carboxylic acids is 2. The SMILES string of the molecule is COC(=O)c1cc(OC)c(OC)cc1NC(=O)Cc1ccc(-c2ccccc2)cc1. The minimum atomic E-state index is -0.585. The molecule has 0 heterocycles. The van der Waals surface area contributed by atoms with E-state index >= 15 is 0 Å². The molecule has 3 rings (SSSR count). The van der Waals surface area contributed by atoms with Gasteiger partial charge in [-0.05, 0) is 16.7 Å². The van der Waals surface area contributed by atoms with E-state index in [1.807, 2.05) is 54.6 Å². The van der Waals surface area contributed by atoms with E-state index in [1.165, 1.54) is 27.4 Å². The van der Waals surface area contributed by atoms with Crippen molar-refractivity contribution in [1.29, 1.82) is 0 Å². The number of amides is 1. The van der Waals surface area contributed by atoms with Crippen molar-refractivity contribution in [2.45, 2.75) is 6.42 Å². The molecule has 3 aromatic carbocycles. The summed E-state index contributed by atoms with van der Waals surface area (Å²) in [6.07, 6.45) is 0.157. The summed E-state index contributed by atoms with van der Waals surface area (Å²) in [7, 11) is 4.23. The summed E-state index contributed by atoms with van der Waals surface area (Å²) >= 11 is 0. The monoisotopic (exact) mass is 405 g/mol. The summed E-state index contributed by atoms with van der Waals surface area (Å²) in [5.41, 5.74) is 3.52. The molecule has 3 aromatic rings. The topological polar surface area (TPSA) is 73.9 Å². The van der Waals surface area contributed by atoms with Crippen LogP contribution in [0.3, 0.4) is 0 Å². The Morgan fingerprint density at radius 2 is 1.40 bits per heavy atom. The molecule has 0 fully saturated rings. The maximum absolute atomic E-state index is 12.6. The van der Waals surface area contributed by atoms with Crippen molar-refractivity contribution < 1.29 is 23.8 Å². The third-order valence-electron chi connectivity index (χ3n) is 4.63. The molecular formula is C24H23NO5. The fourth-order valence-electron chi connectivity index (χ4n) is 3.09. The van der Waals surface area contributed by atoms with Crippen LogP contribution < -0.4 is 14.8 Å². The van der Waals surface area contributed by atoms with E-state index in [2.05, 4.69) is 5.32 Å². The molecule has 6 heteroatoms. The van der Waals surface area contributed by atoms with Crippen LogP contribution >= 0.6 is 0 Å². The summed E-state index contributed by atoms with van der Waals surface area (Å²) in [5.74, 6) is -0.0848. The van der Waals surface area contributed by atoms with E-state index in [4.69, 9.17) is 14.2 Å². The Balaban J connectivity index is 1.78. The molecule has 0 aromatic heterocycles.